The Balaban J connectivity index is 1.73. The Bertz CT molecular complexity index is 733. The van der Waals surface area contributed by atoms with Crippen LogP contribution in [0.5, 0.6) is 0 Å². The summed E-state index contributed by atoms with van der Waals surface area (Å²) >= 11 is 0. The van der Waals surface area contributed by atoms with Gasteiger partial charge < -0.3 is 15.1 Å². The van der Waals surface area contributed by atoms with E-state index in [4.69, 9.17) is 0 Å². The van der Waals surface area contributed by atoms with Gasteiger partial charge in [-0.1, -0.05) is 6.92 Å². The van der Waals surface area contributed by atoms with E-state index in [0.29, 0.717) is 6.42 Å². The maximum Gasteiger partial charge on any atom is 0.416 e. The smallest absolute Gasteiger partial charge is 0.342 e. The number of amides is 3. The summed E-state index contributed by atoms with van der Waals surface area (Å²) in [6.45, 7) is 2.27. The number of hydrogen-bond acceptors (Lipinski definition) is 3. The lowest BCUT2D eigenvalue weighted by Crippen LogP contribution is -2.69. The number of alkyl halides is 3. The van der Waals surface area contributed by atoms with E-state index in [-0.39, 0.29) is 37.0 Å². The van der Waals surface area contributed by atoms with Gasteiger partial charge in [0.1, 0.15) is 12.1 Å². The van der Waals surface area contributed by atoms with Crippen LogP contribution in [0.1, 0.15) is 29.3 Å². The van der Waals surface area contributed by atoms with Gasteiger partial charge in [0, 0.05) is 18.7 Å². The topological polar surface area (TPSA) is 69.7 Å². The molecule has 3 amide bonds. The standard InChI is InChI=1S/C17H18F3N3O3/c1-2-12-16(26)23-8-7-22(9-13(23)14(24)21-12)15(25)10-3-5-11(6-4-10)17(18,19)20/h3-6,12-13H,2,7-9H2,1H3,(H,21,24)/t12-,13+/m0/s1. The third-order valence-corrected chi connectivity index (χ3v) is 4.74. The molecular formula is C17H18F3N3O3. The average molecular weight is 369 g/mol. The summed E-state index contributed by atoms with van der Waals surface area (Å²) in [5.74, 6) is -0.948. The Morgan fingerprint density at radius 1 is 1.19 bits per heavy atom. The van der Waals surface area contributed by atoms with Crippen molar-refractivity contribution in [2.24, 2.45) is 0 Å². The highest BCUT2D eigenvalue weighted by Gasteiger charge is 2.43. The predicted octanol–water partition coefficient (Wildman–Crippen LogP) is 1.27. The van der Waals surface area contributed by atoms with Crippen LogP contribution in [-0.4, -0.2) is 59.2 Å². The van der Waals surface area contributed by atoms with Gasteiger partial charge in [-0.05, 0) is 30.7 Å². The summed E-state index contributed by atoms with van der Waals surface area (Å²) in [5, 5.41) is 2.65. The van der Waals surface area contributed by atoms with Crippen LogP contribution in [0.15, 0.2) is 24.3 Å². The second-order valence-electron chi connectivity index (χ2n) is 6.34. The van der Waals surface area contributed by atoms with Crippen LogP contribution in [0.4, 0.5) is 13.2 Å². The first-order valence-corrected chi connectivity index (χ1v) is 8.29. The summed E-state index contributed by atoms with van der Waals surface area (Å²) in [6, 6.07) is 2.64. The third-order valence-electron chi connectivity index (χ3n) is 4.74. The van der Waals surface area contributed by atoms with Crippen LogP contribution in [0, 0.1) is 0 Å². The molecule has 2 atom stereocenters. The number of piperazine rings is 2. The van der Waals surface area contributed by atoms with Crippen molar-refractivity contribution in [3.8, 4) is 0 Å². The van der Waals surface area contributed by atoms with Crippen molar-refractivity contribution in [3.05, 3.63) is 35.4 Å². The number of carbonyl (C=O) groups is 3. The van der Waals surface area contributed by atoms with E-state index in [1.165, 1.54) is 9.80 Å². The fraction of sp³-hybridized carbons (Fsp3) is 0.471. The molecule has 2 fully saturated rings. The summed E-state index contributed by atoms with van der Waals surface area (Å²) in [6.07, 6.45) is -3.98. The molecule has 3 rings (SSSR count). The van der Waals surface area contributed by atoms with Crippen LogP contribution in [-0.2, 0) is 15.8 Å². The second kappa shape index (κ2) is 6.62. The van der Waals surface area contributed by atoms with Gasteiger partial charge >= 0.3 is 6.18 Å². The molecule has 2 aliphatic rings. The molecular weight excluding hydrogens is 351 g/mol. The molecule has 0 bridgehead atoms. The molecule has 1 aromatic rings. The molecule has 2 aliphatic heterocycles. The fourth-order valence-electron chi connectivity index (χ4n) is 3.25. The van der Waals surface area contributed by atoms with Crippen molar-refractivity contribution in [3.63, 3.8) is 0 Å². The molecule has 1 aromatic carbocycles. The normalized spacial score (nSPS) is 23.5. The minimum absolute atomic E-state index is 0.0217. The van der Waals surface area contributed by atoms with E-state index in [2.05, 4.69) is 5.32 Å². The zero-order chi connectivity index (χ0) is 19.1. The minimum atomic E-state index is -4.47. The molecule has 0 saturated carbocycles. The molecule has 0 unspecified atom stereocenters. The lowest BCUT2D eigenvalue weighted by atomic mass is 10.0. The van der Waals surface area contributed by atoms with Gasteiger partial charge in [-0.2, -0.15) is 13.2 Å². The SMILES string of the molecule is CC[C@@H]1NC(=O)[C@H]2CN(C(=O)c3ccc(C(F)(F)F)cc3)CCN2C1=O. The molecule has 1 N–H and O–H groups in total. The van der Waals surface area contributed by atoms with Gasteiger partial charge in [0.05, 0.1) is 12.1 Å². The van der Waals surface area contributed by atoms with E-state index >= 15 is 0 Å². The summed E-state index contributed by atoms with van der Waals surface area (Å²) in [7, 11) is 0. The first-order valence-electron chi connectivity index (χ1n) is 8.29. The van der Waals surface area contributed by atoms with Crippen LogP contribution < -0.4 is 5.32 Å². The number of halogens is 3. The quantitative estimate of drug-likeness (QED) is 0.854. The minimum Gasteiger partial charge on any atom is -0.342 e. The first kappa shape index (κ1) is 18.2. The van der Waals surface area contributed by atoms with Crippen molar-refractivity contribution in [1.82, 2.24) is 15.1 Å². The number of nitrogens with zero attached hydrogens (tertiary/aromatic N) is 2. The molecule has 26 heavy (non-hydrogen) atoms. The van der Waals surface area contributed by atoms with Crippen LogP contribution in [0.3, 0.4) is 0 Å². The van der Waals surface area contributed by atoms with E-state index in [9.17, 15) is 27.6 Å². The molecule has 0 spiro atoms. The Labute approximate surface area is 147 Å². The van der Waals surface area contributed by atoms with E-state index in [1.807, 2.05) is 0 Å². The number of nitrogens with one attached hydrogen (secondary N) is 1. The van der Waals surface area contributed by atoms with Crippen molar-refractivity contribution in [2.45, 2.75) is 31.6 Å². The molecule has 0 aliphatic carbocycles. The van der Waals surface area contributed by atoms with Crippen molar-refractivity contribution in [1.29, 1.82) is 0 Å². The number of fused-ring (bicyclic) bond motifs is 1. The molecule has 2 saturated heterocycles. The van der Waals surface area contributed by atoms with Gasteiger partial charge in [0.2, 0.25) is 11.8 Å². The van der Waals surface area contributed by atoms with Crippen LogP contribution in [0.2, 0.25) is 0 Å². The number of benzene rings is 1. The molecule has 2 heterocycles. The summed E-state index contributed by atoms with van der Waals surface area (Å²) in [4.78, 5) is 40.0. The fourth-order valence-corrected chi connectivity index (χ4v) is 3.25. The van der Waals surface area contributed by atoms with E-state index in [0.717, 1.165) is 24.3 Å². The van der Waals surface area contributed by atoms with Gasteiger partial charge in [-0.25, -0.2) is 0 Å². The van der Waals surface area contributed by atoms with Gasteiger partial charge in [0.25, 0.3) is 5.91 Å². The highest BCUT2D eigenvalue weighted by molar-refractivity contribution is 5.99. The molecule has 0 aromatic heterocycles. The van der Waals surface area contributed by atoms with Crippen LogP contribution in [0.25, 0.3) is 0 Å². The Kier molecular flexibility index (Phi) is 4.64. The first-order chi connectivity index (χ1) is 12.2. The molecule has 9 heteroatoms. The maximum atomic E-state index is 12.6. The second-order valence-corrected chi connectivity index (χ2v) is 6.34. The van der Waals surface area contributed by atoms with Gasteiger partial charge in [-0.15, -0.1) is 0 Å². The van der Waals surface area contributed by atoms with Gasteiger partial charge in [-0.3, -0.25) is 14.4 Å². The van der Waals surface area contributed by atoms with Crippen molar-refractivity contribution in [2.75, 3.05) is 19.6 Å². The number of hydrogen-bond donors (Lipinski definition) is 1. The largest absolute Gasteiger partial charge is 0.416 e. The van der Waals surface area contributed by atoms with E-state index in [1.54, 1.807) is 6.92 Å². The third kappa shape index (κ3) is 3.25. The number of carbonyl (C=O) groups excluding carboxylic acids is 3. The van der Waals surface area contributed by atoms with Crippen molar-refractivity contribution >= 4 is 17.7 Å². The van der Waals surface area contributed by atoms with Crippen molar-refractivity contribution < 1.29 is 27.6 Å². The van der Waals surface area contributed by atoms with Crippen LogP contribution >= 0.6 is 0 Å². The summed E-state index contributed by atoms with van der Waals surface area (Å²) < 4.78 is 37.9. The lowest BCUT2D eigenvalue weighted by Gasteiger charge is -2.45. The monoisotopic (exact) mass is 369 g/mol. The zero-order valence-electron chi connectivity index (χ0n) is 14.0. The highest BCUT2D eigenvalue weighted by atomic mass is 19.4. The Hall–Kier alpha value is -2.58. The maximum absolute atomic E-state index is 12.6. The highest BCUT2D eigenvalue weighted by Crippen LogP contribution is 2.29. The summed E-state index contributed by atoms with van der Waals surface area (Å²) in [5.41, 5.74) is -0.720. The Morgan fingerprint density at radius 2 is 1.85 bits per heavy atom. The molecule has 140 valence electrons. The average Bonchev–Trinajstić information content (AvgIpc) is 2.63. The van der Waals surface area contributed by atoms with Gasteiger partial charge in [0.15, 0.2) is 0 Å². The number of rotatable bonds is 2. The predicted molar refractivity (Wildman–Crippen MR) is 85.1 cm³/mol. The Morgan fingerprint density at radius 3 is 2.42 bits per heavy atom. The van der Waals surface area contributed by atoms with E-state index < -0.39 is 29.7 Å². The molecule has 6 nitrogen and oxygen atoms in total. The molecule has 0 radical (unpaired) electrons. The lowest BCUT2D eigenvalue weighted by molar-refractivity contribution is -0.152. The zero-order valence-corrected chi connectivity index (χ0v) is 14.0.